The van der Waals surface area contributed by atoms with Gasteiger partial charge in [-0.05, 0) is 63.4 Å². The zero-order chi connectivity index (χ0) is 15.3. The van der Waals surface area contributed by atoms with Gasteiger partial charge in [-0.1, -0.05) is 0 Å². The van der Waals surface area contributed by atoms with Crippen LogP contribution in [0.15, 0.2) is 16.9 Å². The highest BCUT2D eigenvalue weighted by Crippen LogP contribution is 2.33. The van der Waals surface area contributed by atoms with Crippen molar-refractivity contribution in [2.75, 3.05) is 13.1 Å². The van der Waals surface area contributed by atoms with Crippen molar-refractivity contribution < 1.29 is 4.39 Å². The van der Waals surface area contributed by atoms with Gasteiger partial charge in [0.1, 0.15) is 17.2 Å². The van der Waals surface area contributed by atoms with Gasteiger partial charge in [-0.15, -0.1) is 0 Å². The second-order valence-corrected chi connectivity index (χ2v) is 6.64. The largest absolute Gasteiger partial charge is 0.310 e. The van der Waals surface area contributed by atoms with E-state index >= 15 is 0 Å². The first kappa shape index (κ1) is 13.9. The van der Waals surface area contributed by atoms with Crippen molar-refractivity contribution in [3.63, 3.8) is 0 Å². The minimum absolute atomic E-state index is 0.203. The lowest BCUT2D eigenvalue weighted by molar-refractivity contribution is 0.200. The third-order valence-corrected chi connectivity index (χ3v) is 4.91. The molecule has 0 unspecified atom stereocenters. The molecule has 1 aromatic carbocycles. The maximum atomic E-state index is 14.1. The van der Waals surface area contributed by atoms with Gasteiger partial charge in [-0.2, -0.15) is 0 Å². The number of likely N-dealkylation sites (tertiary alicyclic amines) is 1. The van der Waals surface area contributed by atoms with Crippen LogP contribution in [0.3, 0.4) is 0 Å². The molecule has 0 atom stereocenters. The molecule has 1 aliphatic heterocycles. The number of hydrogen-bond acceptors (Lipinski definition) is 3. The van der Waals surface area contributed by atoms with Crippen molar-refractivity contribution in [3.05, 3.63) is 39.7 Å². The summed E-state index contributed by atoms with van der Waals surface area (Å²) in [4.78, 5) is 22.1. The highest BCUT2D eigenvalue weighted by molar-refractivity contribution is 5.78. The van der Waals surface area contributed by atoms with Crippen LogP contribution in [-0.4, -0.2) is 34.0 Å². The fraction of sp³-hybridized carbons (Fsp3) is 0.529. The number of aryl methyl sites for hydroxylation is 1. The summed E-state index contributed by atoms with van der Waals surface area (Å²) in [5.41, 5.74) is 0.712. The Hall–Kier alpha value is -1.75. The Bertz CT molecular complexity index is 773. The molecule has 1 aromatic heterocycles. The molecule has 4 rings (SSSR count). The Morgan fingerprint density at radius 2 is 1.95 bits per heavy atom. The van der Waals surface area contributed by atoms with Gasteiger partial charge in [0.2, 0.25) is 0 Å². The van der Waals surface area contributed by atoms with Crippen LogP contribution in [0.4, 0.5) is 4.39 Å². The van der Waals surface area contributed by atoms with E-state index in [-0.39, 0.29) is 17.0 Å². The van der Waals surface area contributed by atoms with E-state index in [4.69, 9.17) is 0 Å². The molecule has 116 valence electrons. The number of piperidine rings is 1. The normalized spacial score (nSPS) is 20.6. The average molecular weight is 301 g/mol. The standard InChI is InChI=1S/C17H20FN3O/c1-10-8-13-15(14(18)9-10)19-16(20-17(13)22)11-4-6-21(7-5-11)12-2-3-12/h8-9,11-12H,2-7H2,1H3,(H,19,20,22). The van der Waals surface area contributed by atoms with Gasteiger partial charge in [0.15, 0.2) is 0 Å². The number of halogens is 1. The zero-order valence-electron chi connectivity index (χ0n) is 12.7. The summed E-state index contributed by atoms with van der Waals surface area (Å²) in [5, 5.41) is 0.344. The van der Waals surface area contributed by atoms with Gasteiger partial charge < -0.3 is 9.88 Å². The predicted molar refractivity (Wildman–Crippen MR) is 83.6 cm³/mol. The molecule has 2 aliphatic rings. The third kappa shape index (κ3) is 2.43. The van der Waals surface area contributed by atoms with Gasteiger partial charge >= 0.3 is 0 Å². The van der Waals surface area contributed by atoms with Crippen LogP contribution in [0.2, 0.25) is 0 Å². The third-order valence-electron chi connectivity index (χ3n) is 4.91. The zero-order valence-corrected chi connectivity index (χ0v) is 12.7. The molecule has 1 aliphatic carbocycles. The van der Waals surface area contributed by atoms with Gasteiger partial charge in [0.05, 0.1) is 5.39 Å². The smallest absolute Gasteiger partial charge is 0.258 e. The van der Waals surface area contributed by atoms with E-state index in [0.29, 0.717) is 11.2 Å². The fourth-order valence-corrected chi connectivity index (χ4v) is 3.52. The average Bonchev–Trinajstić information content (AvgIpc) is 3.33. The fourth-order valence-electron chi connectivity index (χ4n) is 3.52. The molecule has 22 heavy (non-hydrogen) atoms. The number of benzene rings is 1. The molecule has 2 heterocycles. The van der Waals surface area contributed by atoms with Gasteiger partial charge in [-0.25, -0.2) is 9.37 Å². The van der Waals surface area contributed by atoms with Crippen LogP contribution in [0.1, 0.15) is 43.0 Å². The molecule has 2 aromatic rings. The van der Waals surface area contributed by atoms with E-state index in [2.05, 4.69) is 14.9 Å². The van der Waals surface area contributed by atoms with E-state index in [1.54, 1.807) is 13.0 Å². The molecule has 2 fully saturated rings. The highest BCUT2D eigenvalue weighted by atomic mass is 19.1. The number of aromatic nitrogens is 2. The molecule has 4 nitrogen and oxygen atoms in total. The molecule has 5 heteroatoms. The number of rotatable bonds is 2. The van der Waals surface area contributed by atoms with Crippen LogP contribution < -0.4 is 5.56 Å². The first-order chi connectivity index (χ1) is 10.6. The number of nitrogens with zero attached hydrogens (tertiary/aromatic N) is 2. The molecular weight excluding hydrogens is 281 g/mol. The first-order valence-electron chi connectivity index (χ1n) is 8.06. The lowest BCUT2D eigenvalue weighted by atomic mass is 9.95. The quantitative estimate of drug-likeness (QED) is 0.928. The number of H-pyrrole nitrogens is 1. The van der Waals surface area contributed by atoms with Crippen LogP contribution in [-0.2, 0) is 0 Å². The van der Waals surface area contributed by atoms with E-state index in [9.17, 15) is 9.18 Å². The van der Waals surface area contributed by atoms with Crippen LogP contribution in [0, 0.1) is 12.7 Å². The summed E-state index contributed by atoms with van der Waals surface area (Å²) in [6.45, 7) is 3.88. The second kappa shape index (κ2) is 5.16. The Morgan fingerprint density at radius 3 is 2.64 bits per heavy atom. The summed E-state index contributed by atoms with van der Waals surface area (Å²) in [6, 6.07) is 3.92. The van der Waals surface area contributed by atoms with Crippen molar-refractivity contribution in [1.82, 2.24) is 14.9 Å². The number of fused-ring (bicyclic) bond motifs is 1. The second-order valence-electron chi connectivity index (χ2n) is 6.64. The number of hydrogen-bond donors (Lipinski definition) is 1. The SMILES string of the molecule is Cc1cc(F)c2nc(C3CCN(C4CC4)CC3)[nH]c(=O)c2c1. The summed E-state index contributed by atoms with van der Waals surface area (Å²) in [5.74, 6) is 0.473. The molecule has 0 spiro atoms. The monoisotopic (exact) mass is 301 g/mol. The molecular formula is C17H20FN3O. The topological polar surface area (TPSA) is 49.0 Å². The van der Waals surface area contributed by atoms with Crippen molar-refractivity contribution in [2.45, 2.75) is 44.6 Å². The number of nitrogens with one attached hydrogen (secondary N) is 1. The minimum Gasteiger partial charge on any atom is -0.310 e. The summed E-state index contributed by atoms with van der Waals surface area (Å²) in [7, 11) is 0. The van der Waals surface area contributed by atoms with Crippen LogP contribution in [0.25, 0.3) is 10.9 Å². The van der Waals surface area contributed by atoms with Gasteiger partial charge in [-0.3, -0.25) is 4.79 Å². The van der Waals surface area contributed by atoms with E-state index in [1.807, 2.05) is 0 Å². The lowest BCUT2D eigenvalue weighted by Gasteiger charge is -2.31. The Kier molecular flexibility index (Phi) is 3.26. The lowest BCUT2D eigenvalue weighted by Crippen LogP contribution is -2.35. The number of aromatic amines is 1. The van der Waals surface area contributed by atoms with Crippen molar-refractivity contribution >= 4 is 10.9 Å². The van der Waals surface area contributed by atoms with E-state index in [1.165, 1.54) is 18.9 Å². The molecule has 1 saturated heterocycles. The Balaban J connectivity index is 1.66. The molecule has 0 bridgehead atoms. The van der Waals surface area contributed by atoms with Crippen LogP contribution in [0.5, 0.6) is 0 Å². The van der Waals surface area contributed by atoms with Crippen LogP contribution >= 0.6 is 0 Å². The van der Waals surface area contributed by atoms with Crippen molar-refractivity contribution in [1.29, 1.82) is 0 Å². The Labute approximate surface area is 128 Å². The molecule has 0 amide bonds. The van der Waals surface area contributed by atoms with E-state index < -0.39 is 5.82 Å². The minimum atomic E-state index is -0.405. The summed E-state index contributed by atoms with van der Waals surface area (Å²) < 4.78 is 14.1. The highest BCUT2D eigenvalue weighted by Gasteiger charge is 2.32. The molecule has 0 radical (unpaired) electrons. The van der Waals surface area contributed by atoms with Gasteiger partial charge in [0.25, 0.3) is 5.56 Å². The maximum Gasteiger partial charge on any atom is 0.258 e. The summed E-state index contributed by atoms with van der Waals surface area (Å²) >= 11 is 0. The van der Waals surface area contributed by atoms with Gasteiger partial charge in [0, 0.05) is 12.0 Å². The van der Waals surface area contributed by atoms with Crippen molar-refractivity contribution in [2.24, 2.45) is 0 Å². The Morgan fingerprint density at radius 1 is 1.23 bits per heavy atom. The maximum absolute atomic E-state index is 14.1. The summed E-state index contributed by atoms with van der Waals surface area (Å²) in [6.07, 6.45) is 4.61. The first-order valence-corrected chi connectivity index (χ1v) is 8.06. The molecule has 1 saturated carbocycles. The predicted octanol–water partition coefficient (Wildman–Crippen LogP) is 2.71. The van der Waals surface area contributed by atoms with Crippen molar-refractivity contribution in [3.8, 4) is 0 Å². The molecule has 1 N–H and O–H groups in total. The van der Waals surface area contributed by atoms with E-state index in [0.717, 1.165) is 37.5 Å².